The molecule has 3 heterocycles. The number of amidine groups is 2. The highest BCUT2D eigenvalue weighted by Crippen LogP contribution is 2.36. The zero-order valence-corrected chi connectivity index (χ0v) is 32.2. The van der Waals surface area contributed by atoms with Crippen molar-refractivity contribution in [2.45, 2.75) is 20.0 Å². The van der Waals surface area contributed by atoms with Crippen LogP contribution in [-0.4, -0.2) is 16.2 Å². The van der Waals surface area contributed by atoms with Crippen molar-refractivity contribution in [3.05, 3.63) is 208 Å². The Balaban J connectivity index is 1.16. The number of aromatic nitrogens is 1. The van der Waals surface area contributed by atoms with Crippen LogP contribution in [0.15, 0.2) is 192 Å². The molecule has 0 radical (unpaired) electrons. The third-order valence-corrected chi connectivity index (χ3v) is 11.5. The first-order valence-corrected chi connectivity index (χ1v) is 19.7. The second kappa shape index (κ2) is 14.8. The van der Waals surface area contributed by atoms with Crippen molar-refractivity contribution in [3.8, 4) is 16.8 Å². The summed E-state index contributed by atoms with van der Waals surface area (Å²) in [4.78, 5) is 10.1. The first-order chi connectivity index (χ1) is 27.5. The molecule has 4 nitrogen and oxygen atoms in total. The van der Waals surface area contributed by atoms with E-state index in [4.69, 9.17) is 9.98 Å². The average Bonchev–Trinajstić information content (AvgIpc) is 3.77. The number of benzene rings is 6. The number of nitrogens with one attached hydrogen (secondary N) is 1. The second-order valence-corrected chi connectivity index (χ2v) is 15.1. The number of nitrogens with zero attached hydrogens (tertiary/aromatic N) is 3. The molecular formula is C51H40N4S. The van der Waals surface area contributed by atoms with Crippen LogP contribution in [0.1, 0.15) is 36.7 Å². The summed E-state index contributed by atoms with van der Waals surface area (Å²) in [7, 11) is 0. The maximum absolute atomic E-state index is 5.05. The van der Waals surface area contributed by atoms with Crippen molar-refractivity contribution < 1.29 is 0 Å². The molecule has 1 unspecified atom stereocenters. The van der Waals surface area contributed by atoms with Crippen LogP contribution in [0.25, 0.3) is 60.9 Å². The molecule has 0 amide bonds. The number of hydrogen-bond acceptors (Lipinski definition) is 4. The molecule has 1 atom stereocenters. The fourth-order valence-electron chi connectivity index (χ4n) is 7.74. The quantitative estimate of drug-likeness (QED) is 0.155. The van der Waals surface area contributed by atoms with Crippen molar-refractivity contribution in [2.75, 3.05) is 0 Å². The molecule has 0 saturated heterocycles. The normalized spacial score (nSPS) is 15.2. The Hall–Kier alpha value is -6.82. The van der Waals surface area contributed by atoms with Gasteiger partial charge >= 0.3 is 0 Å². The van der Waals surface area contributed by atoms with Crippen LogP contribution in [0.3, 0.4) is 0 Å². The van der Waals surface area contributed by atoms with Crippen LogP contribution < -0.4 is 15.1 Å². The molecule has 1 aliphatic heterocycles. The van der Waals surface area contributed by atoms with Crippen molar-refractivity contribution >= 4 is 67.1 Å². The van der Waals surface area contributed by atoms with Gasteiger partial charge in [0.05, 0.1) is 11.0 Å². The van der Waals surface area contributed by atoms with Crippen LogP contribution in [0, 0.1) is 0 Å². The molecule has 6 aromatic carbocycles. The molecule has 270 valence electrons. The highest BCUT2D eigenvalue weighted by atomic mass is 32.1. The lowest BCUT2D eigenvalue weighted by Gasteiger charge is -2.24. The molecule has 8 aromatic rings. The molecule has 0 saturated carbocycles. The van der Waals surface area contributed by atoms with Gasteiger partial charge in [0.1, 0.15) is 12.0 Å². The van der Waals surface area contributed by atoms with E-state index in [9.17, 15) is 0 Å². The lowest BCUT2D eigenvalue weighted by molar-refractivity contribution is 0.674. The van der Waals surface area contributed by atoms with Crippen LogP contribution in [0.5, 0.6) is 0 Å². The summed E-state index contributed by atoms with van der Waals surface area (Å²) in [5, 5.41) is 8.40. The summed E-state index contributed by atoms with van der Waals surface area (Å²) in [5.41, 5.74) is 10.9. The molecule has 0 spiro atoms. The summed E-state index contributed by atoms with van der Waals surface area (Å²) in [5.74, 6) is 1.52. The van der Waals surface area contributed by atoms with E-state index >= 15 is 0 Å². The summed E-state index contributed by atoms with van der Waals surface area (Å²) in [6, 6.07) is 51.8. The number of allylic oxidation sites excluding steroid dienone is 4. The van der Waals surface area contributed by atoms with E-state index in [1.807, 2.05) is 43.4 Å². The van der Waals surface area contributed by atoms with Crippen LogP contribution in [0.2, 0.25) is 0 Å². The highest BCUT2D eigenvalue weighted by molar-refractivity contribution is 7.17. The predicted molar refractivity (Wildman–Crippen MR) is 240 cm³/mol. The Labute approximate surface area is 330 Å². The Morgan fingerprint density at radius 3 is 2.30 bits per heavy atom. The van der Waals surface area contributed by atoms with Gasteiger partial charge in [0.2, 0.25) is 0 Å². The average molecular weight is 741 g/mol. The van der Waals surface area contributed by atoms with Gasteiger partial charge in [0.25, 0.3) is 0 Å². The maximum atomic E-state index is 5.05. The van der Waals surface area contributed by atoms with Crippen LogP contribution >= 0.6 is 11.3 Å². The summed E-state index contributed by atoms with van der Waals surface area (Å²) in [6.07, 6.45) is 7.83. The molecule has 1 aliphatic rings. The standard InChI is InChI=1S/C51H40N4S/c1-5-7-17-33(3)49-52-50(35-18-9-8-10-19-35)54-51(53-49)39-22-15-20-36(30-39)37-28-29-43-42-24-11-13-26-45(42)55(46(43)32-37)40-23-16-21-38(31-40)41(6-2)48-34(4)56-47-27-14-12-25-44(47)48/h5-32,50H,2,4H2,1,3H3,(H,52,53,54)/b7-5-,33-17+,48-41-. The fraction of sp³-hybridized carbons (Fsp3) is 0.0588. The minimum absolute atomic E-state index is 0.253. The molecular weight excluding hydrogens is 701 g/mol. The molecule has 2 aromatic heterocycles. The van der Waals surface area contributed by atoms with Gasteiger partial charge in [-0.25, -0.2) is 9.98 Å². The molecule has 56 heavy (non-hydrogen) atoms. The Bertz CT molecular complexity index is 3060. The van der Waals surface area contributed by atoms with Gasteiger partial charge in [0, 0.05) is 41.9 Å². The Kier molecular flexibility index (Phi) is 9.22. The van der Waals surface area contributed by atoms with E-state index < -0.39 is 0 Å². The van der Waals surface area contributed by atoms with Gasteiger partial charge < -0.3 is 9.88 Å². The van der Waals surface area contributed by atoms with Crippen LogP contribution in [-0.2, 0) is 0 Å². The maximum Gasteiger partial charge on any atom is 0.155 e. The van der Waals surface area contributed by atoms with Crippen molar-refractivity contribution in [1.82, 2.24) is 9.88 Å². The predicted octanol–water partition coefficient (Wildman–Crippen LogP) is 11.4. The van der Waals surface area contributed by atoms with Crippen molar-refractivity contribution in [2.24, 2.45) is 9.98 Å². The number of aliphatic imine (C=N–C) groups is 2. The monoisotopic (exact) mass is 740 g/mol. The van der Waals surface area contributed by atoms with E-state index in [1.54, 1.807) is 11.3 Å². The zero-order chi connectivity index (χ0) is 38.2. The summed E-state index contributed by atoms with van der Waals surface area (Å²) >= 11 is 1.73. The fourth-order valence-corrected chi connectivity index (χ4v) is 8.75. The molecule has 5 heteroatoms. The van der Waals surface area contributed by atoms with E-state index in [-0.39, 0.29) is 6.17 Å². The summed E-state index contributed by atoms with van der Waals surface area (Å²) < 4.78 is 4.66. The number of rotatable bonds is 8. The van der Waals surface area contributed by atoms with E-state index in [0.29, 0.717) is 0 Å². The number of thiophene rings is 1. The largest absolute Gasteiger partial charge is 0.344 e. The highest BCUT2D eigenvalue weighted by Gasteiger charge is 2.21. The number of fused-ring (bicyclic) bond motifs is 4. The molecule has 0 bridgehead atoms. The van der Waals surface area contributed by atoms with E-state index in [2.05, 4.69) is 163 Å². The lowest BCUT2D eigenvalue weighted by atomic mass is 10.00. The SMILES string of the molecule is C=C/C(c1cccc(-n2c3ccccc3c3ccc(-c4cccc(C5=NC(/C(C)=C/C=C\C)=NC(c6ccccc6)N5)c4)cc32)c1)=c1\c(=C)sc2ccccc12. The molecule has 0 fully saturated rings. The van der Waals surface area contributed by atoms with Crippen LogP contribution in [0.4, 0.5) is 0 Å². The third-order valence-electron chi connectivity index (χ3n) is 10.4. The number of para-hydroxylation sites is 1. The van der Waals surface area contributed by atoms with Crippen molar-refractivity contribution in [3.63, 3.8) is 0 Å². The van der Waals surface area contributed by atoms with Gasteiger partial charge in [-0.05, 0) is 83.6 Å². The molecule has 0 aliphatic carbocycles. The minimum Gasteiger partial charge on any atom is -0.344 e. The van der Waals surface area contributed by atoms with Crippen molar-refractivity contribution in [1.29, 1.82) is 0 Å². The van der Waals surface area contributed by atoms with Gasteiger partial charge in [-0.15, -0.1) is 11.3 Å². The first-order valence-electron chi connectivity index (χ1n) is 18.9. The number of hydrogen-bond donors (Lipinski definition) is 1. The second-order valence-electron chi connectivity index (χ2n) is 14.0. The van der Waals surface area contributed by atoms with Gasteiger partial charge in [0.15, 0.2) is 5.84 Å². The van der Waals surface area contributed by atoms with E-state index in [1.165, 1.54) is 20.9 Å². The Morgan fingerprint density at radius 2 is 1.46 bits per heavy atom. The van der Waals surface area contributed by atoms with Gasteiger partial charge in [-0.3, -0.25) is 0 Å². The molecule has 9 rings (SSSR count). The molecule has 1 N–H and O–H groups in total. The lowest BCUT2D eigenvalue weighted by Crippen LogP contribution is -2.33. The third kappa shape index (κ3) is 6.32. The van der Waals surface area contributed by atoms with Gasteiger partial charge in [-0.2, -0.15) is 0 Å². The topological polar surface area (TPSA) is 41.7 Å². The van der Waals surface area contributed by atoms with Gasteiger partial charge in [-0.1, -0.05) is 147 Å². The zero-order valence-electron chi connectivity index (χ0n) is 31.4. The smallest absolute Gasteiger partial charge is 0.155 e. The minimum atomic E-state index is -0.253. The first kappa shape index (κ1) is 34.9. The summed E-state index contributed by atoms with van der Waals surface area (Å²) in [6.45, 7) is 12.8. The Morgan fingerprint density at radius 1 is 0.732 bits per heavy atom. The van der Waals surface area contributed by atoms with E-state index in [0.717, 1.165) is 77.1 Å².